The third-order valence-corrected chi connectivity index (χ3v) is 16.0. The van der Waals surface area contributed by atoms with E-state index in [9.17, 15) is 19.8 Å². The van der Waals surface area contributed by atoms with Crippen molar-refractivity contribution in [2.75, 3.05) is 13.2 Å². The molecule has 3 N–H and O–H groups in total. The number of hydrogen-bond acceptors (Lipinski definition) is 5. The van der Waals surface area contributed by atoms with Crippen LogP contribution in [0.5, 0.6) is 0 Å². The summed E-state index contributed by atoms with van der Waals surface area (Å²) in [4.78, 5) is 24.6. The summed E-state index contributed by atoms with van der Waals surface area (Å²) in [7, 11) is 0. The lowest BCUT2D eigenvalue weighted by atomic mass is 10.0. The SMILES string of the molecule is CCCCC/C=C\C/C=C\CCCCCCCCCC(=O)OCCCCCCCCCCC/C=C\C/C=C\CCCCCCCCCC(=O)NC(CO)C(O)/C=C/CCCCCCCCCCCCCCCCCCCCCC. The molecule has 0 bridgehead atoms. The molecule has 0 aliphatic rings. The summed E-state index contributed by atoms with van der Waals surface area (Å²) in [6.07, 6.45) is 90.0. The Morgan fingerprint density at radius 2 is 0.633 bits per heavy atom. The molecule has 0 heterocycles. The molecule has 1 amide bonds. The first-order chi connectivity index (χ1) is 39.0. The van der Waals surface area contributed by atoms with E-state index in [0.717, 1.165) is 70.6 Å². The lowest BCUT2D eigenvalue weighted by Crippen LogP contribution is -2.45. The van der Waals surface area contributed by atoms with Crippen LogP contribution in [0.15, 0.2) is 60.8 Å². The highest BCUT2D eigenvalue weighted by molar-refractivity contribution is 5.76. The van der Waals surface area contributed by atoms with E-state index in [1.54, 1.807) is 6.08 Å². The van der Waals surface area contributed by atoms with E-state index in [2.05, 4.69) is 67.8 Å². The van der Waals surface area contributed by atoms with Crippen molar-refractivity contribution in [1.82, 2.24) is 5.32 Å². The van der Waals surface area contributed by atoms with Crippen molar-refractivity contribution in [2.24, 2.45) is 0 Å². The normalized spacial score (nSPS) is 12.9. The van der Waals surface area contributed by atoms with E-state index in [-0.39, 0.29) is 18.5 Å². The molecule has 462 valence electrons. The Morgan fingerprint density at radius 1 is 0.354 bits per heavy atom. The standard InChI is InChI=1S/C73H135NO5/c1-3-5-7-9-11-13-15-17-19-21-22-23-27-30-34-37-41-45-49-53-57-61-65-71(76)70(69-75)74-72(77)66-62-58-54-50-46-42-38-35-31-28-25-24-26-29-32-36-40-44-48-52-56-60-64-68-79-73(78)67-63-59-55-51-47-43-39-33-20-18-16-14-12-10-8-6-4-2/h12,14,18,20,24,26,28,31,61,65,70-71,75-76H,3-11,13,15-17,19,21-23,25,27,29-30,32-60,62-64,66-69H2,1-2H3,(H,74,77)/b14-12-,20-18-,26-24-,31-28-,65-61+. The van der Waals surface area contributed by atoms with Gasteiger partial charge in [-0.25, -0.2) is 0 Å². The second-order valence-corrected chi connectivity index (χ2v) is 23.9. The highest BCUT2D eigenvalue weighted by atomic mass is 16.5. The van der Waals surface area contributed by atoms with Gasteiger partial charge in [-0.2, -0.15) is 0 Å². The first kappa shape index (κ1) is 76.6. The molecule has 0 spiro atoms. The van der Waals surface area contributed by atoms with Gasteiger partial charge in [-0.3, -0.25) is 9.59 Å². The third-order valence-electron chi connectivity index (χ3n) is 16.0. The zero-order valence-corrected chi connectivity index (χ0v) is 52.9. The summed E-state index contributed by atoms with van der Waals surface area (Å²) in [5, 5.41) is 23.2. The fourth-order valence-electron chi connectivity index (χ4n) is 10.6. The maximum atomic E-state index is 12.5. The summed E-state index contributed by atoms with van der Waals surface area (Å²) < 4.78 is 5.49. The molecule has 0 saturated heterocycles. The maximum absolute atomic E-state index is 12.5. The van der Waals surface area contributed by atoms with Gasteiger partial charge in [-0.15, -0.1) is 0 Å². The van der Waals surface area contributed by atoms with Crippen LogP contribution in [-0.2, 0) is 14.3 Å². The minimum Gasteiger partial charge on any atom is -0.466 e. The number of allylic oxidation sites excluding steroid dienone is 9. The van der Waals surface area contributed by atoms with E-state index >= 15 is 0 Å². The van der Waals surface area contributed by atoms with Gasteiger partial charge in [0.25, 0.3) is 0 Å². The van der Waals surface area contributed by atoms with Gasteiger partial charge in [-0.1, -0.05) is 319 Å². The van der Waals surface area contributed by atoms with Gasteiger partial charge in [0.2, 0.25) is 5.91 Å². The van der Waals surface area contributed by atoms with Gasteiger partial charge in [0.05, 0.1) is 25.4 Å². The number of aliphatic hydroxyl groups is 2. The van der Waals surface area contributed by atoms with Crippen LogP contribution in [-0.4, -0.2) is 47.4 Å². The van der Waals surface area contributed by atoms with Gasteiger partial charge in [0, 0.05) is 12.8 Å². The van der Waals surface area contributed by atoms with Gasteiger partial charge < -0.3 is 20.3 Å². The summed E-state index contributed by atoms with van der Waals surface area (Å²) in [6.45, 7) is 4.89. The van der Waals surface area contributed by atoms with Crippen molar-refractivity contribution in [3.05, 3.63) is 60.8 Å². The monoisotopic (exact) mass is 1110 g/mol. The lowest BCUT2D eigenvalue weighted by Gasteiger charge is -2.20. The zero-order chi connectivity index (χ0) is 57.1. The molecule has 0 saturated carbocycles. The van der Waals surface area contributed by atoms with Gasteiger partial charge in [-0.05, 0) is 96.3 Å². The average molecular weight is 1110 g/mol. The molecule has 2 atom stereocenters. The fraction of sp³-hybridized carbons (Fsp3) is 0.836. The molecule has 2 unspecified atom stereocenters. The van der Waals surface area contributed by atoms with Crippen LogP contribution < -0.4 is 5.32 Å². The van der Waals surface area contributed by atoms with Crippen LogP contribution in [0.1, 0.15) is 367 Å². The van der Waals surface area contributed by atoms with Crippen LogP contribution in [0.2, 0.25) is 0 Å². The van der Waals surface area contributed by atoms with Crippen molar-refractivity contribution < 1.29 is 24.5 Å². The molecule has 0 radical (unpaired) electrons. The number of ether oxygens (including phenoxy) is 1. The maximum Gasteiger partial charge on any atom is 0.305 e. The van der Waals surface area contributed by atoms with Crippen molar-refractivity contribution in [3.8, 4) is 0 Å². The average Bonchev–Trinajstić information content (AvgIpc) is 3.45. The summed E-state index contributed by atoms with van der Waals surface area (Å²) in [5.74, 6) is -0.0773. The molecule has 0 fully saturated rings. The molecular weight excluding hydrogens is 971 g/mol. The number of aliphatic hydroxyl groups excluding tert-OH is 2. The molecule has 0 aromatic heterocycles. The summed E-state index contributed by atoms with van der Waals surface area (Å²) >= 11 is 0. The number of unbranched alkanes of at least 4 members (excludes halogenated alkanes) is 46. The lowest BCUT2D eigenvalue weighted by molar-refractivity contribution is -0.143. The van der Waals surface area contributed by atoms with Crippen molar-refractivity contribution in [1.29, 1.82) is 0 Å². The summed E-state index contributed by atoms with van der Waals surface area (Å²) in [5.41, 5.74) is 0. The minimum absolute atomic E-state index is 0.00128. The molecule has 0 aromatic carbocycles. The van der Waals surface area contributed by atoms with Crippen LogP contribution >= 0.6 is 0 Å². The first-order valence-electron chi connectivity index (χ1n) is 35.1. The highest BCUT2D eigenvalue weighted by Gasteiger charge is 2.18. The Kier molecular flexibility index (Phi) is 66.0. The second-order valence-electron chi connectivity index (χ2n) is 23.9. The van der Waals surface area contributed by atoms with E-state index in [1.165, 1.54) is 270 Å². The van der Waals surface area contributed by atoms with E-state index in [4.69, 9.17) is 4.74 Å². The predicted molar refractivity (Wildman–Crippen MR) is 347 cm³/mol. The van der Waals surface area contributed by atoms with Crippen molar-refractivity contribution in [2.45, 2.75) is 379 Å². The molecule has 0 rings (SSSR count). The number of nitrogens with one attached hydrogen (secondary N) is 1. The molecule has 0 aromatic rings. The molecule has 0 aliphatic heterocycles. The number of amides is 1. The Balaban J connectivity index is 3.48. The van der Waals surface area contributed by atoms with Crippen molar-refractivity contribution in [3.63, 3.8) is 0 Å². The zero-order valence-electron chi connectivity index (χ0n) is 52.9. The Morgan fingerprint density at radius 3 is 0.987 bits per heavy atom. The highest BCUT2D eigenvalue weighted by Crippen LogP contribution is 2.18. The largest absolute Gasteiger partial charge is 0.466 e. The molecule has 0 aliphatic carbocycles. The number of carbonyl (C=O) groups excluding carboxylic acids is 2. The smallest absolute Gasteiger partial charge is 0.305 e. The summed E-state index contributed by atoms with van der Waals surface area (Å²) in [6, 6.07) is -0.638. The van der Waals surface area contributed by atoms with Crippen LogP contribution in [0.3, 0.4) is 0 Å². The van der Waals surface area contributed by atoms with Crippen LogP contribution in [0, 0.1) is 0 Å². The quantitative estimate of drug-likeness (QED) is 0.0320. The van der Waals surface area contributed by atoms with Gasteiger partial charge in [0.15, 0.2) is 0 Å². The van der Waals surface area contributed by atoms with E-state index < -0.39 is 12.1 Å². The molecule has 79 heavy (non-hydrogen) atoms. The first-order valence-corrected chi connectivity index (χ1v) is 35.1. The Hall–Kier alpha value is -2.44. The molecule has 6 heteroatoms. The van der Waals surface area contributed by atoms with E-state index in [1.807, 2.05) is 6.08 Å². The third kappa shape index (κ3) is 64.6. The molecular formula is C73H135NO5. The Bertz CT molecular complexity index is 1370. The van der Waals surface area contributed by atoms with Crippen LogP contribution in [0.4, 0.5) is 0 Å². The minimum atomic E-state index is -0.854. The van der Waals surface area contributed by atoms with E-state index in [0.29, 0.717) is 19.4 Å². The predicted octanol–water partition coefficient (Wildman–Crippen LogP) is 22.6. The second kappa shape index (κ2) is 68.1. The number of esters is 1. The van der Waals surface area contributed by atoms with Gasteiger partial charge >= 0.3 is 5.97 Å². The fourth-order valence-corrected chi connectivity index (χ4v) is 10.6. The molecule has 6 nitrogen and oxygen atoms in total. The topological polar surface area (TPSA) is 95.9 Å². The van der Waals surface area contributed by atoms with Gasteiger partial charge in [0.1, 0.15) is 0 Å². The van der Waals surface area contributed by atoms with Crippen molar-refractivity contribution >= 4 is 11.9 Å². The van der Waals surface area contributed by atoms with Crippen LogP contribution in [0.25, 0.3) is 0 Å². The number of hydrogen-bond donors (Lipinski definition) is 3. The number of rotatable bonds is 65. The Labute approximate surface area is 492 Å². The number of carbonyl (C=O) groups is 2.